The van der Waals surface area contributed by atoms with Gasteiger partial charge in [0.2, 0.25) is 0 Å². The normalized spacial score (nSPS) is 15.2. The zero-order valence-electron chi connectivity index (χ0n) is 18.3. The van der Waals surface area contributed by atoms with Gasteiger partial charge in [-0.2, -0.15) is 10.5 Å². The first-order valence-corrected chi connectivity index (χ1v) is 11.2. The minimum Gasteiger partial charge on any atom is -0.306 e. The molecule has 0 bridgehead atoms. The molecule has 5 heteroatoms. The molecule has 2 heterocycles. The molecule has 1 aromatic heterocycles. The SMILES string of the molecule is Cc1cc2c(cc1C#N)c1c3ccccc3c3ccccc3c1c1nc(C#N)c(C3CN3)nc21. The summed E-state index contributed by atoms with van der Waals surface area (Å²) in [7, 11) is 0. The number of aromatic nitrogens is 2. The summed E-state index contributed by atoms with van der Waals surface area (Å²) in [5.41, 5.74) is 4.12. The fraction of sp³-hybridized carbons (Fsp3) is 0.103. The molecule has 0 aliphatic carbocycles. The largest absolute Gasteiger partial charge is 0.306 e. The smallest absolute Gasteiger partial charge is 0.164 e. The van der Waals surface area contributed by atoms with Crippen molar-refractivity contribution < 1.29 is 0 Å². The first-order chi connectivity index (χ1) is 16.7. The van der Waals surface area contributed by atoms with Crippen LogP contribution in [0.3, 0.4) is 0 Å². The molecule has 7 rings (SSSR count). The average Bonchev–Trinajstić information content (AvgIpc) is 3.73. The van der Waals surface area contributed by atoms with Gasteiger partial charge in [-0.25, -0.2) is 9.97 Å². The molecule has 0 saturated carbocycles. The van der Waals surface area contributed by atoms with Gasteiger partial charge in [-0.05, 0) is 51.6 Å². The van der Waals surface area contributed by atoms with Crippen LogP contribution in [0, 0.1) is 29.6 Å². The van der Waals surface area contributed by atoms with Gasteiger partial charge >= 0.3 is 0 Å². The zero-order chi connectivity index (χ0) is 23.0. The van der Waals surface area contributed by atoms with E-state index in [1.165, 1.54) is 0 Å². The van der Waals surface area contributed by atoms with Crippen molar-refractivity contribution in [1.29, 1.82) is 10.5 Å². The Morgan fingerprint density at radius 2 is 1.41 bits per heavy atom. The van der Waals surface area contributed by atoms with Crippen LogP contribution in [-0.4, -0.2) is 16.5 Å². The van der Waals surface area contributed by atoms with Crippen molar-refractivity contribution in [2.45, 2.75) is 13.0 Å². The second-order valence-corrected chi connectivity index (χ2v) is 8.89. The highest BCUT2D eigenvalue weighted by Crippen LogP contribution is 2.43. The van der Waals surface area contributed by atoms with Crippen LogP contribution < -0.4 is 5.32 Å². The Kier molecular flexibility index (Phi) is 3.74. The number of hydrogen-bond donors (Lipinski definition) is 1. The van der Waals surface area contributed by atoms with Crippen molar-refractivity contribution in [2.24, 2.45) is 0 Å². The molecule has 6 aromatic rings. The Hall–Kier alpha value is -4.58. The molecule has 1 fully saturated rings. The van der Waals surface area contributed by atoms with Crippen LogP contribution in [0.5, 0.6) is 0 Å². The Bertz CT molecular complexity index is 1950. The van der Waals surface area contributed by atoms with Gasteiger partial charge in [0.25, 0.3) is 0 Å². The van der Waals surface area contributed by atoms with Crippen molar-refractivity contribution in [2.75, 3.05) is 6.54 Å². The van der Waals surface area contributed by atoms with Crippen LogP contribution in [0.15, 0.2) is 60.7 Å². The lowest BCUT2D eigenvalue weighted by Gasteiger charge is -2.17. The molecular formula is C29H17N5. The number of nitrogens with zero attached hydrogens (tertiary/aromatic N) is 4. The van der Waals surface area contributed by atoms with Crippen molar-refractivity contribution in [1.82, 2.24) is 15.3 Å². The van der Waals surface area contributed by atoms with E-state index in [2.05, 4.69) is 47.8 Å². The van der Waals surface area contributed by atoms with E-state index in [9.17, 15) is 10.5 Å². The fourth-order valence-electron chi connectivity index (χ4n) is 5.29. The van der Waals surface area contributed by atoms with Gasteiger partial charge in [-0.1, -0.05) is 48.5 Å². The highest BCUT2D eigenvalue weighted by atomic mass is 15.1. The third-order valence-electron chi connectivity index (χ3n) is 6.95. The molecule has 5 nitrogen and oxygen atoms in total. The highest BCUT2D eigenvalue weighted by Gasteiger charge is 2.29. The molecule has 1 N–H and O–H groups in total. The van der Waals surface area contributed by atoms with E-state index >= 15 is 0 Å². The van der Waals surface area contributed by atoms with Gasteiger partial charge in [0.15, 0.2) is 5.69 Å². The number of fused-ring (bicyclic) bond motifs is 11. The van der Waals surface area contributed by atoms with Gasteiger partial charge in [0.05, 0.1) is 34.4 Å². The second kappa shape index (κ2) is 6.71. The van der Waals surface area contributed by atoms with Gasteiger partial charge in [-0.15, -0.1) is 0 Å². The summed E-state index contributed by atoms with van der Waals surface area (Å²) in [4.78, 5) is 9.97. The lowest BCUT2D eigenvalue weighted by Crippen LogP contribution is -2.02. The van der Waals surface area contributed by atoms with E-state index in [0.29, 0.717) is 17.0 Å². The summed E-state index contributed by atoms with van der Waals surface area (Å²) in [5.74, 6) is 0. The van der Waals surface area contributed by atoms with Crippen LogP contribution in [-0.2, 0) is 0 Å². The molecule has 1 atom stereocenters. The first kappa shape index (κ1) is 18.9. The maximum atomic E-state index is 9.92. The summed E-state index contributed by atoms with van der Waals surface area (Å²) in [5, 5.41) is 31.4. The van der Waals surface area contributed by atoms with Crippen molar-refractivity contribution in [3.63, 3.8) is 0 Å². The van der Waals surface area contributed by atoms with Crippen LogP contribution >= 0.6 is 0 Å². The lowest BCUT2D eigenvalue weighted by molar-refractivity contribution is 0.979. The van der Waals surface area contributed by atoms with E-state index in [-0.39, 0.29) is 6.04 Å². The number of aryl methyl sites for hydroxylation is 1. The van der Waals surface area contributed by atoms with Crippen molar-refractivity contribution >= 4 is 54.1 Å². The first-order valence-electron chi connectivity index (χ1n) is 11.2. The number of benzene rings is 5. The maximum Gasteiger partial charge on any atom is 0.164 e. The number of rotatable bonds is 1. The summed E-state index contributed by atoms with van der Waals surface area (Å²) in [6.45, 7) is 2.75. The molecule has 1 aliphatic heterocycles. The summed E-state index contributed by atoms with van der Waals surface area (Å²) < 4.78 is 0. The number of nitrogens with one attached hydrogen (secondary N) is 1. The van der Waals surface area contributed by atoms with Crippen LogP contribution in [0.4, 0.5) is 0 Å². The summed E-state index contributed by atoms with van der Waals surface area (Å²) in [6, 6.07) is 25.4. The van der Waals surface area contributed by atoms with Crippen LogP contribution in [0.25, 0.3) is 54.1 Å². The Labute approximate surface area is 194 Å². The standard InChI is InChI=1S/C29H17N5/c1-15-10-22-21(11-16(15)12-30)25-19-8-4-2-6-17(19)18-7-3-5-9-20(18)26(25)29-27(22)34-28(24-14-32-24)23(13-31)33-29/h2-11,24,32H,14H2,1H3. The summed E-state index contributed by atoms with van der Waals surface area (Å²) in [6.07, 6.45) is 0. The maximum absolute atomic E-state index is 9.92. The van der Waals surface area contributed by atoms with Crippen LogP contribution in [0.2, 0.25) is 0 Å². The Morgan fingerprint density at radius 3 is 2.03 bits per heavy atom. The molecule has 1 aliphatic rings. The third kappa shape index (κ3) is 2.45. The van der Waals surface area contributed by atoms with Crippen molar-refractivity contribution in [3.8, 4) is 12.1 Å². The molecule has 158 valence electrons. The predicted octanol–water partition coefficient (Wildman–Crippen LogP) is 5.94. The Morgan fingerprint density at radius 1 is 0.765 bits per heavy atom. The quantitative estimate of drug-likeness (QED) is 0.255. The molecule has 1 unspecified atom stereocenters. The fourth-order valence-corrected chi connectivity index (χ4v) is 5.29. The third-order valence-corrected chi connectivity index (χ3v) is 6.95. The second-order valence-electron chi connectivity index (χ2n) is 8.89. The highest BCUT2D eigenvalue weighted by molar-refractivity contribution is 6.38. The van der Waals surface area contributed by atoms with Gasteiger partial charge in [0, 0.05) is 22.7 Å². The molecule has 0 spiro atoms. The minimum atomic E-state index is 0.0603. The number of hydrogen-bond acceptors (Lipinski definition) is 5. The molecule has 0 radical (unpaired) electrons. The van der Waals surface area contributed by atoms with Gasteiger partial charge in [-0.3, -0.25) is 0 Å². The number of nitriles is 2. The van der Waals surface area contributed by atoms with Gasteiger partial charge < -0.3 is 5.32 Å². The van der Waals surface area contributed by atoms with Gasteiger partial charge in [0.1, 0.15) is 6.07 Å². The van der Waals surface area contributed by atoms with E-state index in [1.807, 2.05) is 37.3 Å². The van der Waals surface area contributed by atoms with Crippen molar-refractivity contribution in [3.05, 3.63) is 83.2 Å². The van der Waals surface area contributed by atoms with E-state index in [0.717, 1.165) is 66.2 Å². The van der Waals surface area contributed by atoms with E-state index < -0.39 is 0 Å². The molecule has 1 saturated heterocycles. The molecule has 5 aromatic carbocycles. The molecule has 0 amide bonds. The average molecular weight is 435 g/mol. The van der Waals surface area contributed by atoms with E-state index in [1.54, 1.807) is 0 Å². The summed E-state index contributed by atoms with van der Waals surface area (Å²) >= 11 is 0. The lowest BCUT2D eigenvalue weighted by atomic mass is 9.88. The Balaban J connectivity index is 1.88. The zero-order valence-corrected chi connectivity index (χ0v) is 18.3. The topological polar surface area (TPSA) is 95.3 Å². The van der Waals surface area contributed by atoms with Crippen LogP contribution in [0.1, 0.15) is 28.6 Å². The minimum absolute atomic E-state index is 0.0603. The van der Waals surface area contributed by atoms with E-state index in [4.69, 9.17) is 9.97 Å². The monoisotopic (exact) mass is 435 g/mol. The predicted molar refractivity (Wildman–Crippen MR) is 134 cm³/mol. The molecule has 34 heavy (non-hydrogen) atoms. The molecular weight excluding hydrogens is 418 g/mol.